The van der Waals surface area contributed by atoms with Crippen LogP contribution in [0, 0.1) is 0 Å². The van der Waals surface area contributed by atoms with Gasteiger partial charge < -0.3 is 10.1 Å². The lowest BCUT2D eigenvalue weighted by Crippen LogP contribution is -2.26. The van der Waals surface area contributed by atoms with Crippen molar-refractivity contribution in [3.63, 3.8) is 0 Å². The van der Waals surface area contributed by atoms with Gasteiger partial charge in [0.1, 0.15) is 0 Å². The van der Waals surface area contributed by atoms with Crippen LogP contribution < -0.4 is 5.32 Å². The summed E-state index contributed by atoms with van der Waals surface area (Å²) in [5.74, 6) is -0.206. The van der Waals surface area contributed by atoms with Crippen LogP contribution in [0.5, 0.6) is 0 Å². The number of halogens is 1. The van der Waals surface area contributed by atoms with Gasteiger partial charge in [-0.2, -0.15) is 5.10 Å². The summed E-state index contributed by atoms with van der Waals surface area (Å²) in [6, 6.07) is 3.61. The number of hydrogen-bond acceptors (Lipinski definition) is 5. The normalized spacial score (nSPS) is 11.0. The van der Waals surface area contributed by atoms with Gasteiger partial charge >= 0.3 is 0 Å². The molecule has 8 heteroatoms. The molecule has 6 nitrogen and oxygen atoms in total. The number of methoxy groups -OCH3 is 1. The van der Waals surface area contributed by atoms with Crippen molar-refractivity contribution in [1.82, 2.24) is 19.9 Å². The number of nitrogens with zero attached hydrogens (tertiary/aromatic N) is 3. The lowest BCUT2D eigenvalue weighted by Gasteiger charge is -2.00. The molecule has 0 bridgehead atoms. The first-order valence-corrected chi connectivity index (χ1v) is 7.74. The Balaban J connectivity index is 1.86. The van der Waals surface area contributed by atoms with E-state index >= 15 is 0 Å². The Morgan fingerprint density at radius 2 is 2.36 bits per heavy atom. The largest absolute Gasteiger partial charge is 0.383 e. The lowest BCUT2D eigenvalue weighted by atomic mass is 10.2. The zero-order chi connectivity index (χ0) is 15.5. The first kappa shape index (κ1) is 15.0. The van der Waals surface area contributed by atoms with Crippen molar-refractivity contribution in [1.29, 1.82) is 0 Å². The molecule has 3 aromatic heterocycles. The second-order valence-corrected chi connectivity index (χ2v) is 5.98. The highest BCUT2D eigenvalue weighted by Gasteiger charge is 2.14. The van der Waals surface area contributed by atoms with Crippen molar-refractivity contribution < 1.29 is 9.53 Å². The zero-order valence-corrected chi connectivity index (χ0v) is 13.3. The average molecular weight is 337 g/mol. The number of thiazole rings is 1. The SMILES string of the molecule is COCCNC(=O)c1ncc(-c2cnn3ccc(Cl)cc23)s1. The summed E-state index contributed by atoms with van der Waals surface area (Å²) in [4.78, 5) is 17.0. The lowest BCUT2D eigenvalue weighted by molar-refractivity contribution is 0.0936. The van der Waals surface area contributed by atoms with E-state index in [1.54, 1.807) is 36.3 Å². The Morgan fingerprint density at radius 1 is 1.50 bits per heavy atom. The summed E-state index contributed by atoms with van der Waals surface area (Å²) < 4.78 is 6.63. The summed E-state index contributed by atoms with van der Waals surface area (Å²) in [7, 11) is 1.59. The van der Waals surface area contributed by atoms with E-state index in [2.05, 4.69) is 15.4 Å². The molecule has 0 aromatic carbocycles. The van der Waals surface area contributed by atoms with Gasteiger partial charge in [-0.1, -0.05) is 11.6 Å². The maximum absolute atomic E-state index is 12.0. The van der Waals surface area contributed by atoms with Gasteiger partial charge in [0.25, 0.3) is 5.91 Å². The Bertz CT molecular complexity index is 814. The number of nitrogens with one attached hydrogen (secondary N) is 1. The summed E-state index contributed by atoms with van der Waals surface area (Å²) in [6.07, 6.45) is 5.21. The fourth-order valence-corrected chi connectivity index (χ4v) is 3.00. The highest BCUT2D eigenvalue weighted by molar-refractivity contribution is 7.17. The molecule has 0 aliphatic heterocycles. The van der Waals surface area contributed by atoms with Crippen LogP contribution in [0.4, 0.5) is 0 Å². The quantitative estimate of drug-likeness (QED) is 0.727. The molecule has 0 saturated carbocycles. The molecule has 0 fully saturated rings. The molecule has 3 heterocycles. The minimum absolute atomic E-state index is 0.206. The van der Waals surface area contributed by atoms with E-state index in [9.17, 15) is 4.79 Å². The Kier molecular flexibility index (Phi) is 4.37. The topological polar surface area (TPSA) is 68.5 Å². The van der Waals surface area contributed by atoms with Crippen molar-refractivity contribution in [3.05, 3.63) is 40.8 Å². The molecule has 114 valence electrons. The summed E-state index contributed by atoms with van der Waals surface area (Å²) in [6.45, 7) is 0.924. The van der Waals surface area contributed by atoms with Crippen LogP contribution in [-0.4, -0.2) is 40.8 Å². The van der Waals surface area contributed by atoms with Crippen LogP contribution in [0.1, 0.15) is 9.80 Å². The van der Waals surface area contributed by atoms with Crippen LogP contribution in [0.2, 0.25) is 5.02 Å². The highest BCUT2D eigenvalue weighted by Crippen LogP contribution is 2.30. The van der Waals surface area contributed by atoms with Gasteiger partial charge in [-0.05, 0) is 12.1 Å². The van der Waals surface area contributed by atoms with E-state index in [0.717, 1.165) is 16.0 Å². The van der Waals surface area contributed by atoms with Gasteiger partial charge in [-0.3, -0.25) is 4.79 Å². The first-order chi connectivity index (χ1) is 10.7. The van der Waals surface area contributed by atoms with Crippen LogP contribution in [0.15, 0.2) is 30.7 Å². The monoisotopic (exact) mass is 336 g/mol. The van der Waals surface area contributed by atoms with Crippen molar-refractivity contribution in [2.45, 2.75) is 0 Å². The van der Waals surface area contributed by atoms with E-state index in [-0.39, 0.29) is 5.91 Å². The standard InChI is InChI=1S/C14H13ClN4O2S/c1-21-5-3-16-13(20)14-17-8-12(22-14)10-7-18-19-4-2-9(15)6-11(10)19/h2,4,6-8H,3,5H2,1H3,(H,16,20). The third kappa shape index (κ3) is 2.96. The number of hydrogen-bond donors (Lipinski definition) is 1. The molecular formula is C14H13ClN4O2S. The Hall–Kier alpha value is -1.96. The van der Waals surface area contributed by atoms with Crippen molar-refractivity contribution >= 4 is 34.4 Å². The number of aromatic nitrogens is 3. The predicted molar refractivity (Wildman–Crippen MR) is 85.5 cm³/mol. The molecule has 1 N–H and O–H groups in total. The van der Waals surface area contributed by atoms with Crippen LogP contribution in [0.3, 0.4) is 0 Å². The van der Waals surface area contributed by atoms with Gasteiger partial charge in [-0.25, -0.2) is 9.50 Å². The van der Waals surface area contributed by atoms with Gasteiger partial charge in [-0.15, -0.1) is 11.3 Å². The molecule has 0 saturated heterocycles. The number of pyridine rings is 1. The molecular weight excluding hydrogens is 324 g/mol. The molecule has 0 aliphatic rings. The summed E-state index contributed by atoms with van der Waals surface area (Å²) in [5, 5.41) is 8.06. The molecule has 0 radical (unpaired) electrons. The fraction of sp³-hybridized carbons (Fsp3) is 0.214. The molecule has 0 spiro atoms. The number of carbonyl (C=O) groups excluding carboxylic acids is 1. The van der Waals surface area contributed by atoms with E-state index in [4.69, 9.17) is 16.3 Å². The molecule has 0 atom stereocenters. The maximum atomic E-state index is 12.0. The van der Waals surface area contributed by atoms with Crippen molar-refractivity contribution in [3.8, 4) is 10.4 Å². The third-order valence-electron chi connectivity index (χ3n) is 3.04. The number of fused-ring (bicyclic) bond motifs is 1. The highest BCUT2D eigenvalue weighted by atomic mass is 35.5. The average Bonchev–Trinajstić information content (AvgIpc) is 3.13. The molecule has 3 rings (SSSR count). The molecule has 22 heavy (non-hydrogen) atoms. The van der Waals surface area contributed by atoms with Crippen LogP contribution in [-0.2, 0) is 4.74 Å². The summed E-state index contributed by atoms with van der Waals surface area (Å²) >= 11 is 7.35. The van der Waals surface area contributed by atoms with Crippen molar-refractivity contribution in [2.75, 3.05) is 20.3 Å². The minimum Gasteiger partial charge on any atom is -0.383 e. The Labute approximate surface area is 135 Å². The molecule has 1 amide bonds. The van der Waals surface area contributed by atoms with Crippen molar-refractivity contribution in [2.24, 2.45) is 0 Å². The van der Waals surface area contributed by atoms with Gasteiger partial charge in [0, 0.05) is 36.6 Å². The smallest absolute Gasteiger partial charge is 0.280 e. The van der Waals surface area contributed by atoms with E-state index < -0.39 is 0 Å². The molecule has 3 aromatic rings. The number of rotatable bonds is 5. The van der Waals surface area contributed by atoms with Crippen LogP contribution in [0.25, 0.3) is 16.0 Å². The zero-order valence-electron chi connectivity index (χ0n) is 11.7. The number of amides is 1. The third-order valence-corrected chi connectivity index (χ3v) is 4.31. The van der Waals surface area contributed by atoms with Gasteiger partial charge in [0.2, 0.25) is 0 Å². The van der Waals surface area contributed by atoms with Gasteiger partial charge in [0.05, 0.1) is 23.2 Å². The maximum Gasteiger partial charge on any atom is 0.280 e. The van der Waals surface area contributed by atoms with E-state index in [0.29, 0.717) is 23.2 Å². The number of carbonyl (C=O) groups is 1. The first-order valence-electron chi connectivity index (χ1n) is 6.55. The number of ether oxygens (including phenoxy) is 1. The van der Waals surface area contributed by atoms with Crippen LogP contribution >= 0.6 is 22.9 Å². The Morgan fingerprint density at radius 3 is 3.18 bits per heavy atom. The van der Waals surface area contributed by atoms with E-state index in [1.807, 2.05) is 6.07 Å². The second kappa shape index (κ2) is 6.43. The molecule has 0 unspecified atom stereocenters. The van der Waals surface area contributed by atoms with E-state index in [1.165, 1.54) is 11.3 Å². The van der Waals surface area contributed by atoms with Gasteiger partial charge in [0.15, 0.2) is 5.01 Å². The second-order valence-electron chi connectivity index (χ2n) is 4.51. The fourth-order valence-electron chi connectivity index (χ4n) is 1.99. The summed E-state index contributed by atoms with van der Waals surface area (Å²) in [5.41, 5.74) is 1.78. The predicted octanol–water partition coefficient (Wildman–Crippen LogP) is 2.49. The minimum atomic E-state index is -0.206. The molecule has 0 aliphatic carbocycles.